The van der Waals surface area contributed by atoms with Gasteiger partial charge in [0.1, 0.15) is 0 Å². The van der Waals surface area contributed by atoms with Crippen molar-refractivity contribution in [3.05, 3.63) is 0 Å². The van der Waals surface area contributed by atoms with Crippen molar-refractivity contribution in [3.8, 4) is 0 Å². The Morgan fingerprint density at radius 3 is 3.00 bits per heavy atom. The van der Waals surface area contributed by atoms with Crippen LogP contribution in [0, 0.1) is 0 Å². The van der Waals surface area contributed by atoms with E-state index in [0.717, 1.165) is 26.1 Å². The van der Waals surface area contributed by atoms with Gasteiger partial charge in [-0.2, -0.15) is 0 Å². The van der Waals surface area contributed by atoms with Crippen molar-refractivity contribution in [1.29, 1.82) is 0 Å². The average molecular weight is 201 g/mol. The van der Waals surface area contributed by atoms with Crippen molar-refractivity contribution in [3.63, 3.8) is 0 Å². The van der Waals surface area contributed by atoms with Gasteiger partial charge in [0.05, 0.1) is 12.2 Å². The first kappa shape index (κ1) is 12.0. The Labute approximate surface area is 86.8 Å². The molecule has 3 nitrogen and oxygen atoms in total. The van der Waals surface area contributed by atoms with Gasteiger partial charge in [0, 0.05) is 6.61 Å². The molecule has 0 amide bonds. The van der Waals surface area contributed by atoms with E-state index in [-0.39, 0.29) is 6.10 Å². The molecule has 84 valence electrons. The van der Waals surface area contributed by atoms with E-state index in [9.17, 15) is 0 Å². The molecule has 14 heavy (non-hydrogen) atoms. The van der Waals surface area contributed by atoms with E-state index >= 15 is 0 Å². The van der Waals surface area contributed by atoms with Crippen LogP contribution in [0.1, 0.15) is 39.0 Å². The number of hydrogen-bond acceptors (Lipinski definition) is 3. The third kappa shape index (κ3) is 5.58. The molecular formula is C11H23NO2. The van der Waals surface area contributed by atoms with E-state index in [2.05, 4.69) is 5.32 Å². The van der Waals surface area contributed by atoms with Gasteiger partial charge in [0.2, 0.25) is 0 Å². The third-order valence-corrected chi connectivity index (χ3v) is 2.64. The molecule has 0 aromatic rings. The lowest BCUT2D eigenvalue weighted by Gasteiger charge is -2.09. The maximum atomic E-state index is 9.02. The van der Waals surface area contributed by atoms with Crippen molar-refractivity contribution in [2.45, 2.75) is 51.2 Å². The molecule has 2 unspecified atom stereocenters. The van der Waals surface area contributed by atoms with Crippen molar-refractivity contribution in [2.24, 2.45) is 0 Å². The molecule has 3 heteroatoms. The Balaban J connectivity index is 1.79. The van der Waals surface area contributed by atoms with Crippen LogP contribution in [0.4, 0.5) is 0 Å². The number of hydrogen-bond donors (Lipinski definition) is 2. The molecule has 0 radical (unpaired) electrons. The van der Waals surface area contributed by atoms with Gasteiger partial charge in [-0.15, -0.1) is 0 Å². The summed E-state index contributed by atoms with van der Waals surface area (Å²) in [5, 5.41) is 12.3. The number of nitrogens with one attached hydrogen (secondary N) is 1. The summed E-state index contributed by atoms with van der Waals surface area (Å²) in [5.74, 6) is 0. The Kier molecular flexibility index (Phi) is 6.15. The Bertz CT molecular complexity index is 133. The van der Waals surface area contributed by atoms with Gasteiger partial charge in [0.15, 0.2) is 0 Å². The SMILES string of the molecule is CC(O)CCNCCCC1CCCO1. The Morgan fingerprint density at radius 1 is 1.50 bits per heavy atom. The first-order valence-electron chi connectivity index (χ1n) is 5.79. The Hall–Kier alpha value is -0.120. The molecule has 1 heterocycles. The molecule has 0 aliphatic carbocycles. The molecule has 1 saturated heterocycles. The van der Waals surface area contributed by atoms with Crippen molar-refractivity contribution in [2.75, 3.05) is 19.7 Å². The first-order valence-corrected chi connectivity index (χ1v) is 5.79. The summed E-state index contributed by atoms with van der Waals surface area (Å²) in [4.78, 5) is 0. The second-order valence-electron chi connectivity index (χ2n) is 4.16. The lowest BCUT2D eigenvalue weighted by molar-refractivity contribution is 0.102. The zero-order valence-corrected chi connectivity index (χ0v) is 9.17. The van der Waals surface area contributed by atoms with E-state index in [4.69, 9.17) is 9.84 Å². The fourth-order valence-corrected chi connectivity index (χ4v) is 1.76. The maximum Gasteiger partial charge on any atom is 0.0576 e. The zero-order chi connectivity index (χ0) is 10.2. The van der Waals surface area contributed by atoms with Crippen LogP contribution >= 0.6 is 0 Å². The van der Waals surface area contributed by atoms with E-state index in [1.54, 1.807) is 0 Å². The molecular weight excluding hydrogens is 178 g/mol. The van der Waals surface area contributed by atoms with Gasteiger partial charge in [0.25, 0.3) is 0 Å². The number of aliphatic hydroxyl groups excluding tert-OH is 1. The highest BCUT2D eigenvalue weighted by Crippen LogP contribution is 2.16. The molecule has 0 spiro atoms. The van der Waals surface area contributed by atoms with Crippen LogP contribution < -0.4 is 5.32 Å². The monoisotopic (exact) mass is 201 g/mol. The van der Waals surface area contributed by atoms with Gasteiger partial charge in [-0.05, 0) is 52.1 Å². The van der Waals surface area contributed by atoms with Crippen LogP contribution in [-0.2, 0) is 4.74 Å². The minimum atomic E-state index is -0.180. The second kappa shape index (κ2) is 7.21. The van der Waals surface area contributed by atoms with Gasteiger partial charge < -0.3 is 15.2 Å². The average Bonchev–Trinajstić information content (AvgIpc) is 2.63. The summed E-state index contributed by atoms with van der Waals surface area (Å²) < 4.78 is 5.53. The molecule has 0 aromatic heterocycles. The van der Waals surface area contributed by atoms with Crippen LogP contribution in [0.25, 0.3) is 0 Å². The molecule has 0 saturated carbocycles. The summed E-state index contributed by atoms with van der Waals surface area (Å²) in [6.07, 6.45) is 6.04. The summed E-state index contributed by atoms with van der Waals surface area (Å²) in [6, 6.07) is 0. The summed E-state index contributed by atoms with van der Waals surface area (Å²) in [7, 11) is 0. The highest BCUT2D eigenvalue weighted by molar-refractivity contribution is 4.65. The smallest absolute Gasteiger partial charge is 0.0576 e. The van der Waals surface area contributed by atoms with Crippen LogP contribution in [-0.4, -0.2) is 37.0 Å². The molecule has 2 N–H and O–H groups in total. The van der Waals surface area contributed by atoms with Gasteiger partial charge in [-0.25, -0.2) is 0 Å². The zero-order valence-electron chi connectivity index (χ0n) is 9.17. The highest BCUT2D eigenvalue weighted by atomic mass is 16.5. The minimum Gasteiger partial charge on any atom is -0.393 e. The molecule has 0 aromatic carbocycles. The highest BCUT2D eigenvalue weighted by Gasteiger charge is 2.14. The van der Waals surface area contributed by atoms with Crippen LogP contribution in [0.3, 0.4) is 0 Å². The normalized spacial score (nSPS) is 24.0. The van der Waals surface area contributed by atoms with Crippen molar-refractivity contribution < 1.29 is 9.84 Å². The van der Waals surface area contributed by atoms with Crippen LogP contribution in [0.5, 0.6) is 0 Å². The van der Waals surface area contributed by atoms with Crippen LogP contribution in [0.15, 0.2) is 0 Å². The molecule has 1 aliphatic heterocycles. The fourth-order valence-electron chi connectivity index (χ4n) is 1.76. The predicted molar refractivity (Wildman–Crippen MR) is 57.4 cm³/mol. The molecule has 1 aliphatic rings. The molecule has 1 rings (SSSR count). The Morgan fingerprint density at radius 2 is 2.36 bits per heavy atom. The minimum absolute atomic E-state index is 0.180. The largest absolute Gasteiger partial charge is 0.393 e. The number of rotatable bonds is 7. The first-order chi connectivity index (χ1) is 6.79. The summed E-state index contributed by atoms with van der Waals surface area (Å²) in [6.45, 7) is 4.75. The third-order valence-electron chi connectivity index (χ3n) is 2.64. The van der Waals surface area contributed by atoms with E-state index in [1.807, 2.05) is 6.92 Å². The molecule has 0 bridgehead atoms. The predicted octanol–water partition coefficient (Wildman–Crippen LogP) is 1.31. The fraction of sp³-hybridized carbons (Fsp3) is 1.00. The lowest BCUT2D eigenvalue weighted by atomic mass is 10.1. The summed E-state index contributed by atoms with van der Waals surface area (Å²) in [5.41, 5.74) is 0. The van der Waals surface area contributed by atoms with E-state index in [0.29, 0.717) is 6.10 Å². The second-order valence-corrected chi connectivity index (χ2v) is 4.16. The standard InChI is InChI=1S/C11H23NO2/c1-10(13)6-8-12-7-2-4-11-5-3-9-14-11/h10-13H,2-9H2,1H3. The van der Waals surface area contributed by atoms with E-state index < -0.39 is 0 Å². The summed E-state index contributed by atoms with van der Waals surface area (Å²) >= 11 is 0. The molecule has 2 atom stereocenters. The van der Waals surface area contributed by atoms with Gasteiger partial charge in [-0.1, -0.05) is 0 Å². The quantitative estimate of drug-likeness (QED) is 0.610. The number of aliphatic hydroxyl groups is 1. The van der Waals surface area contributed by atoms with E-state index in [1.165, 1.54) is 25.7 Å². The van der Waals surface area contributed by atoms with Crippen LogP contribution in [0.2, 0.25) is 0 Å². The topological polar surface area (TPSA) is 41.5 Å². The molecule has 1 fully saturated rings. The van der Waals surface area contributed by atoms with Gasteiger partial charge >= 0.3 is 0 Å². The van der Waals surface area contributed by atoms with Crippen molar-refractivity contribution in [1.82, 2.24) is 5.32 Å². The van der Waals surface area contributed by atoms with Gasteiger partial charge in [-0.3, -0.25) is 0 Å². The number of ether oxygens (including phenoxy) is 1. The maximum absolute atomic E-state index is 9.02. The lowest BCUT2D eigenvalue weighted by Crippen LogP contribution is -2.21. The van der Waals surface area contributed by atoms with Crippen molar-refractivity contribution >= 4 is 0 Å².